The van der Waals surface area contributed by atoms with Crippen LogP contribution in [-0.4, -0.2) is 6.61 Å². The molecule has 0 saturated carbocycles. The number of para-hydroxylation sites is 1. The lowest BCUT2D eigenvalue weighted by Gasteiger charge is -2.21. The minimum Gasteiger partial charge on any atom is -0.493 e. The van der Waals surface area contributed by atoms with Crippen molar-refractivity contribution in [2.24, 2.45) is 0 Å². The molecular weight excluding hydrogens is 316 g/mol. The smallest absolute Gasteiger partial charge is 0.123 e. The highest BCUT2D eigenvalue weighted by molar-refractivity contribution is 5.61. The number of benzene rings is 3. The van der Waals surface area contributed by atoms with Gasteiger partial charge >= 0.3 is 0 Å². The standard InChI is InChI=1S/C25H27O/c1-2-3-4-13-20-26-24-19-12-11-18-23(24)25(21-14-7-5-8-15-21)22-16-9-6-10-17-22/h5-12,14-19H,2-4,13,20H2,1H3. The van der Waals surface area contributed by atoms with Gasteiger partial charge in [-0.15, -0.1) is 0 Å². The van der Waals surface area contributed by atoms with Gasteiger partial charge in [0.1, 0.15) is 5.75 Å². The quantitative estimate of drug-likeness (QED) is 0.311. The molecule has 0 fully saturated rings. The van der Waals surface area contributed by atoms with Crippen LogP contribution in [0.15, 0.2) is 84.9 Å². The topological polar surface area (TPSA) is 9.23 Å². The van der Waals surface area contributed by atoms with Crippen molar-refractivity contribution in [3.8, 4) is 5.75 Å². The molecule has 3 aromatic carbocycles. The normalized spacial score (nSPS) is 10.8. The summed E-state index contributed by atoms with van der Waals surface area (Å²) in [6, 6.07) is 29.5. The Hall–Kier alpha value is -2.54. The van der Waals surface area contributed by atoms with Gasteiger partial charge in [0.05, 0.1) is 12.5 Å². The van der Waals surface area contributed by atoms with Gasteiger partial charge < -0.3 is 4.74 Å². The van der Waals surface area contributed by atoms with Crippen molar-refractivity contribution < 1.29 is 4.74 Å². The molecule has 0 heterocycles. The zero-order chi connectivity index (χ0) is 18.0. The lowest BCUT2D eigenvalue weighted by molar-refractivity contribution is 0.303. The van der Waals surface area contributed by atoms with E-state index >= 15 is 0 Å². The van der Waals surface area contributed by atoms with Crippen molar-refractivity contribution in [2.75, 3.05) is 6.61 Å². The van der Waals surface area contributed by atoms with E-state index in [1.807, 2.05) is 0 Å². The Morgan fingerprint density at radius 1 is 0.654 bits per heavy atom. The fourth-order valence-corrected chi connectivity index (χ4v) is 3.20. The zero-order valence-electron chi connectivity index (χ0n) is 15.5. The molecule has 3 rings (SSSR count). The molecule has 0 unspecified atom stereocenters. The summed E-state index contributed by atoms with van der Waals surface area (Å²) < 4.78 is 6.19. The van der Waals surface area contributed by atoms with Crippen LogP contribution in [-0.2, 0) is 0 Å². The molecule has 1 heteroatoms. The van der Waals surface area contributed by atoms with Crippen LogP contribution in [0.4, 0.5) is 0 Å². The molecule has 0 aliphatic heterocycles. The van der Waals surface area contributed by atoms with Crippen LogP contribution < -0.4 is 4.74 Å². The molecule has 26 heavy (non-hydrogen) atoms. The molecule has 1 radical (unpaired) electrons. The van der Waals surface area contributed by atoms with Crippen LogP contribution in [0.3, 0.4) is 0 Å². The van der Waals surface area contributed by atoms with Crippen LogP contribution in [0.5, 0.6) is 5.75 Å². The summed E-state index contributed by atoms with van der Waals surface area (Å²) in [4.78, 5) is 0. The van der Waals surface area contributed by atoms with Crippen LogP contribution in [0, 0.1) is 5.92 Å². The summed E-state index contributed by atoms with van der Waals surface area (Å²) in [5.41, 5.74) is 3.57. The first-order valence-corrected chi connectivity index (χ1v) is 9.60. The number of hydrogen-bond acceptors (Lipinski definition) is 1. The summed E-state index contributed by atoms with van der Waals surface area (Å²) in [5.74, 6) is 2.18. The number of rotatable bonds is 9. The monoisotopic (exact) mass is 343 g/mol. The van der Waals surface area contributed by atoms with Crippen molar-refractivity contribution >= 4 is 0 Å². The van der Waals surface area contributed by atoms with E-state index in [-0.39, 0.29) is 0 Å². The second kappa shape index (κ2) is 9.82. The second-order valence-corrected chi connectivity index (χ2v) is 6.51. The van der Waals surface area contributed by atoms with Crippen LogP contribution in [0.25, 0.3) is 0 Å². The average molecular weight is 343 g/mol. The minimum absolute atomic E-state index is 0.772. The molecule has 0 N–H and O–H groups in total. The molecule has 0 spiro atoms. The van der Waals surface area contributed by atoms with E-state index < -0.39 is 0 Å². The molecule has 0 bridgehead atoms. The summed E-state index contributed by atoms with van der Waals surface area (Å²) in [7, 11) is 0. The molecule has 0 aliphatic carbocycles. The first kappa shape index (κ1) is 18.3. The van der Waals surface area contributed by atoms with Gasteiger partial charge in [0.2, 0.25) is 0 Å². The lowest BCUT2D eigenvalue weighted by atomic mass is 9.85. The molecular formula is C25H27O. The summed E-state index contributed by atoms with van der Waals surface area (Å²) in [5, 5.41) is 0. The third kappa shape index (κ3) is 4.76. The fraction of sp³-hybridized carbons (Fsp3) is 0.240. The first-order valence-electron chi connectivity index (χ1n) is 9.60. The molecule has 0 aromatic heterocycles. The van der Waals surface area contributed by atoms with Crippen molar-refractivity contribution in [1.29, 1.82) is 0 Å². The molecule has 0 atom stereocenters. The summed E-state index contributed by atoms with van der Waals surface area (Å²) in [6.07, 6.45) is 4.85. The summed E-state index contributed by atoms with van der Waals surface area (Å²) >= 11 is 0. The third-order valence-corrected chi connectivity index (χ3v) is 4.54. The SMILES string of the molecule is CCCCCCOc1ccccc1[C](c1ccccc1)c1ccccc1. The summed E-state index contributed by atoms with van der Waals surface area (Å²) in [6.45, 7) is 3.00. The average Bonchev–Trinajstić information content (AvgIpc) is 2.71. The first-order chi connectivity index (χ1) is 12.9. The number of hydrogen-bond donors (Lipinski definition) is 0. The van der Waals surface area contributed by atoms with Gasteiger partial charge in [-0.05, 0) is 23.6 Å². The Balaban J connectivity index is 1.90. The van der Waals surface area contributed by atoms with Crippen LogP contribution in [0.2, 0.25) is 0 Å². The van der Waals surface area contributed by atoms with Gasteiger partial charge in [-0.2, -0.15) is 0 Å². The second-order valence-electron chi connectivity index (χ2n) is 6.51. The highest BCUT2D eigenvalue weighted by atomic mass is 16.5. The van der Waals surface area contributed by atoms with Crippen molar-refractivity contribution in [3.63, 3.8) is 0 Å². The Labute approximate surface area is 157 Å². The maximum absolute atomic E-state index is 6.19. The van der Waals surface area contributed by atoms with E-state index in [1.165, 1.54) is 36.3 Å². The van der Waals surface area contributed by atoms with E-state index in [0.717, 1.165) is 24.3 Å². The third-order valence-electron chi connectivity index (χ3n) is 4.54. The predicted octanol–water partition coefficient (Wildman–Crippen LogP) is 6.66. The Bertz CT molecular complexity index is 725. The van der Waals surface area contributed by atoms with Gasteiger partial charge in [0.25, 0.3) is 0 Å². The molecule has 133 valence electrons. The zero-order valence-corrected chi connectivity index (χ0v) is 15.5. The van der Waals surface area contributed by atoms with E-state index in [2.05, 4.69) is 91.9 Å². The van der Waals surface area contributed by atoms with Gasteiger partial charge in [-0.3, -0.25) is 0 Å². The Morgan fingerprint density at radius 3 is 1.85 bits per heavy atom. The largest absolute Gasteiger partial charge is 0.493 e. The molecule has 1 nitrogen and oxygen atoms in total. The number of ether oxygens (including phenoxy) is 1. The van der Waals surface area contributed by atoms with Crippen molar-refractivity contribution in [2.45, 2.75) is 32.6 Å². The highest BCUT2D eigenvalue weighted by Gasteiger charge is 2.21. The minimum atomic E-state index is 0.772. The van der Waals surface area contributed by atoms with Crippen LogP contribution >= 0.6 is 0 Å². The van der Waals surface area contributed by atoms with Crippen LogP contribution in [0.1, 0.15) is 49.3 Å². The fourth-order valence-electron chi connectivity index (χ4n) is 3.20. The van der Waals surface area contributed by atoms with Crippen molar-refractivity contribution in [3.05, 3.63) is 108 Å². The Kier molecular flexibility index (Phi) is 6.89. The van der Waals surface area contributed by atoms with Gasteiger partial charge in [0, 0.05) is 5.56 Å². The van der Waals surface area contributed by atoms with Gasteiger partial charge in [-0.25, -0.2) is 0 Å². The Morgan fingerprint density at radius 2 is 1.23 bits per heavy atom. The van der Waals surface area contributed by atoms with Gasteiger partial charge in [-0.1, -0.05) is 105 Å². The molecule has 0 amide bonds. The van der Waals surface area contributed by atoms with E-state index in [1.54, 1.807) is 0 Å². The van der Waals surface area contributed by atoms with E-state index in [0.29, 0.717) is 0 Å². The predicted molar refractivity (Wildman–Crippen MR) is 110 cm³/mol. The lowest BCUT2D eigenvalue weighted by Crippen LogP contribution is -2.08. The number of unbranched alkanes of at least 4 members (excludes halogenated alkanes) is 3. The van der Waals surface area contributed by atoms with E-state index in [9.17, 15) is 0 Å². The maximum atomic E-state index is 6.19. The highest BCUT2D eigenvalue weighted by Crippen LogP contribution is 2.36. The molecule has 0 aliphatic rings. The van der Waals surface area contributed by atoms with Gasteiger partial charge in [0.15, 0.2) is 0 Å². The van der Waals surface area contributed by atoms with Crippen molar-refractivity contribution in [1.82, 2.24) is 0 Å². The molecule has 3 aromatic rings. The maximum Gasteiger partial charge on any atom is 0.123 e. The molecule has 0 saturated heterocycles. The van der Waals surface area contributed by atoms with E-state index in [4.69, 9.17) is 4.74 Å².